The van der Waals surface area contributed by atoms with Gasteiger partial charge in [0, 0.05) is 0 Å². The van der Waals surface area contributed by atoms with Crippen LogP contribution in [0, 0.1) is 17.2 Å². The summed E-state index contributed by atoms with van der Waals surface area (Å²) in [5.41, 5.74) is 4.37. The quantitative estimate of drug-likeness (QED) is 0.502. The lowest BCUT2D eigenvalue weighted by Crippen LogP contribution is -2.08. The Morgan fingerprint density at radius 1 is 1.32 bits per heavy atom. The molecule has 1 aliphatic rings. The molecule has 0 radical (unpaired) electrons. The minimum absolute atomic E-state index is 0.540. The lowest BCUT2D eigenvalue weighted by Gasteiger charge is -2.16. The van der Waals surface area contributed by atoms with Crippen molar-refractivity contribution < 1.29 is 4.74 Å². The lowest BCUT2D eigenvalue weighted by molar-refractivity contribution is 0.168. The van der Waals surface area contributed by atoms with Crippen molar-refractivity contribution in [3.8, 4) is 6.07 Å². The minimum Gasteiger partial charge on any atom is -0.493 e. The maximum atomic E-state index is 9.37. The first-order chi connectivity index (χ1) is 9.04. The second kappa shape index (κ2) is 7.19. The van der Waals surface area contributed by atoms with Crippen LogP contribution in [0.2, 0.25) is 0 Å². The molecule has 1 rings (SSSR count). The number of rotatable bonds is 6. The maximum absolute atomic E-state index is 9.37. The highest BCUT2D eigenvalue weighted by atomic mass is 16.5. The van der Waals surface area contributed by atoms with Crippen LogP contribution in [0.25, 0.3) is 0 Å². The molecule has 0 saturated carbocycles. The zero-order valence-electron chi connectivity index (χ0n) is 12.7. The summed E-state index contributed by atoms with van der Waals surface area (Å²) in [5, 5.41) is 9.37. The highest BCUT2D eigenvalue weighted by Crippen LogP contribution is 2.34. The fourth-order valence-electron chi connectivity index (χ4n) is 2.37. The zero-order valence-corrected chi connectivity index (χ0v) is 12.7. The van der Waals surface area contributed by atoms with Crippen molar-refractivity contribution in [2.24, 2.45) is 5.92 Å². The molecule has 2 nitrogen and oxygen atoms in total. The highest BCUT2D eigenvalue weighted by Gasteiger charge is 2.20. The van der Waals surface area contributed by atoms with Crippen molar-refractivity contribution in [3.05, 3.63) is 34.6 Å². The molecule has 0 aromatic rings. The third kappa shape index (κ3) is 3.73. The van der Waals surface area contributed by atoms with Gasteiger partial charge in [-0.15, -0.1) is 0 Å². The van der Waals surface area contributed by atoms with Gasteiger partial charge in [-0.2, -0.15) is 5.26 Å². The zero-order chi connectivity index (χ0) is 14.4. The van der Waals surface area contributed by atoms with Crippen LogP contribution in [0.4, 0.5) is 0 Å². The second-order valence-electron chi connectivity index (χ2n) is 5.29. The van der Waals surface area contributed by atoms with E-state index in [1.165, 1.54) is 11.1 Å². The number of allylic oxidation sites excluding steroid dienone is 4. The molecule has 0 saturated heterocycles. The Balaban J connectivity index is 2.80. The van der Waals surface area contributed by atoms with Crippen LogP contribution in [0.15, 0.2) is 34.6 Å². The third-order valence-electron chi connectivity index (χ3n) is 4.18. The predicted molar refractivity (Wildman–Crippen MR) is 79.4 cm³/mol. The van der Waals surface area contributed by atoms with Gasteiger partial charge in [-0.1, -0.05) is 38.8 Å². The summed E-state index contributed by atoms with van der Waals surface area (Å²) in [6, 6.07) is 2.28. The first-order valence-electron chi connectivity index (χ1n) is 7.17. The van der Waals surface area contributed by atoms with E-state index in [2.05, 4.69) is 40.3 Å². The largest absolute Gasteiger partial charge is 0.493 e. The van der Waals surface area contributed by atoms with Crippen molar-refractivity contribution >= 4 is 0 Å². The van der Waals surface area contributed by atoms with Gasteiger partial charge in [-0.05, 0) is 43.8 Å². The van der Waals surface area contributed by atoms with E-state index in [-0.39, 0.29) is 0 Å². The van der Waals surface area contributed by atoms with Gasteiger partial charge < -0.3 is 4.74 Å². The van der Waals surface area contributed by atoms with Gasteiger partial charge in [0.15, 0.2) is 0 Å². The summed E-state index contributed by atoms with van der Waals surface area (Å²) in [7, 11) is 0. The average molecular weight is 259 g/mol. The summed E-state index contributed by atoms with van der Waals surface area (Å²) in [6.45, 7) is 13.1. The monoisotopic (exact) mass is 259 g/mol. The molecular formula is C17H25NO. The molecule has 0 fully saturated rings. The van der Waals surface area contributed by atoms with Crippen molar-refractivity contribution in [2.75, 3.05) is 6.61 Å². The van der Waals surface area contributed by atoms with Crippen LogP contribution in [0.3, 0.4) is 0 Å². The molecule has 0 heterocycles. The molecule has 2 heteroatoms. The molecule has 0 bridgehead atoms. The summed E-state index contributed by atoms with van der Waals surface area (Å²) >= 11 is 0. The first kappa shape index (κ1) is 15.6. The summed E-state index contributed by atoms with van der Waals surface area (Å²) < 4.78 is 5.74. The number of ether oxygens (including phenoxy) is 1. The molecule has 0 unspecified atom stereocenters. The van der Waals surface area contributed by atoms with Crippen molar-refractivity contribution in [2.45, 2.75) is 53.4 Å². The average Bonchev–Trinajstić information content (AvgIpc) is 2.73. The van der Waals surface area contributed by atoms with Gasteiger partial charge >= 0.3 is 0 Å². The van der Waals surface area contributed by atoms with Crippen LogP contribution < -0.4 is 0 Å². The Kier molecular flexibility index (Phi) is 5.89. The predicted octanol–water partition coefficient (Wildman–Crippen LogP) is 4.90. The summed E-state index contributed by atoms with van der Waals surface area (Å²) in [6.07, 6.45) is 4.18. The van der Waals surface area contributed by atoms with Gasteiger partial charge in [0.05, 0.1) is 12.2 Å². The number of hydrogen-bond donors (Lipinski definition) is 0. The van der Waals surface area contributed by atoms with E-state index in [9.17, 15) is 5.26 Å². The molecule has 19 heavy (non-hydrogen) atoms. The minimum atomic E-state index is 0.540. The molecule has 0 spiro atoms. The summed E-state index contributed by atoms with van der Waals surface area (Å²) in [4.78, 5) is 0. The van der Waals surface area contributed by atoms with E-state index in [0.29, 0.717) is 23.9 Å². The Hall–Kier alpha value is -1.49. The maximum Gasteiger partial charge on any atom is 0.130 e. The van der Waals surface area contributed by atoms with Crippen LogP contribution in [0.1, 0.15) is 53.4 Å². The first-order valence-corrected chi connectivity index (χ1v) is 7.17. The number of nitriles is 1. The molecule has 104 valence electrons. The van der Waals surface area contributed by atoms with Crippen molar-refractivity contribution in [3.63, 3.8) is 0 Å². The van der Waals surface area contributed by atoms with Crippen molar-refractivity contribution in [1.29, 1.82) is 5.26 Å². The SMILES string of the molecule is C=C(OCC(CC)CC)/C(C#N)=C1/CCC(C)=C1C. The fourth-order valence-corrected chi connectivity index (χ4v) is 2.37. The molecule has 0 amide bonds. The molecule has 0 aliphatic heterocycles. The third-order valence-corrected chi connectivity index (χ3v) is 4.18. The Labute approximate surface area is 117 Å². The fraction of sp³-hybridized carbons (Fsp3) is 0.588. The normalized spacial score (nSPS) is 17.7. The van der Waals surface area contributed by atoms with Gasteiger partial charge in [-0.25, -0.2) is 0 Å². The van der Waals surface area contributed by atoms with Crippen LogP contribution in [-0.4, -0.2) is 6.61 Å². The van der Waals surface area contributed by atoms with Crippen LogP contribution in [-0.2, 0) is 4.74 Å². The van der Waals surface area contributed by atoms with Gasteiger partial charge in [0.25, 0.3) is 0 Å². The smallest absolute Gasteiger partial charge is 0.130 e. The van der Waals surface area contributed by atoms with Crippen molar-refractivity contribution in [1.82, 2.24) is 0 Å². The topological polar surface area (TPSA) is 33.0 Å². The Bertz CT molecular complexity index is 444. The number of hydrogen-bond acceptors (Lipinski definition) is 2. The Morgan fingerprint density at radius 3 is 2.37 bits per heavy atom. The van der Waals surface area contributed by atoms with Gasteiger partial charge in [0.1, 0.15) is 11.8 Å². The number of nitrogens with zero attached hydrogens (tertiary/aromatic N) is 1. The summed E-state index contributed by atoms with van der Waals surface area (Å²) in [5.74, 6) is 1.09. The molecule has 0 aromatic heterocycles. The van der Waals surface area contributed by atoms with E-state index in [1.54, 1.807) is 0 Å². The highest BCUT2D eigenvalue weighted by molar-refractivity contribution is 5.52. The molecule has 0 atom stereocenters. The van der Waals surface area contributed by atoms with E-state index >= 15 is 0 Å². The van der Waals surface area contributed by atoms with E-state index in [4.69, 9.17) is 4.74 Å². The van der Waals surface area contributed by atoms with Crippen LogP contribution >= 0.6 is 0 Å². The van der Waals surface area contributed by atoms with E-state index < -0.39 is 0 Å². The van der Waals surface area contributed by atoms with Gasteiger partial charge in [-0.3, -0.25) is 0 Å². The van der Waals surface area contributed by atoms with E-state index in [1.807, 2.05) is 0 Å². The lowest BCUT2D eigenvalue weighted by atomic mass is 10.0. The Morgan fingerprint density at radius 2 is 1.95 bits per heavy atom. The molecule has 0 N–H and O–H groups in total. The standard InChI is InChI=1S/C17H25NO/c1-6-15(7-2)11-19-14(5)17(10-18)16-9-8-12(3)13(16)4/h15H,5-9,11H2,1-4H3/b17-16-. The molecule has 1 aliphatic carbocycles. The molecule has 0 aromatic carbocycles. The van der Waals surface area contributed by atoms with E-state index in [0.717, 1.165) is 31.3 Å². The molecular weight excluding hydrogens is 234 g/mol. The second-order valence-corrected chi connectivity index (χ2v) is 5.29. The van der Waals surface area contributed by atoms with Crippen LogP contribution in [0.5, 0.6) is 0 Å². The van der Waals surface area contributed by atoms with Gasteiger partial charge in [0.2, 0.25) is 0 Å².